The predicted molar refractivity (Wildman–Crippen MR) is 80.4 cm³/mol. The first-order chi connectivity index (χ1) is 9.04. The van der Waals surface area contributed by atoms with E-state index in [0.29, 0.717) is 12.3 Å². The van der Waals surface area contributed by atoms with Gasteiger partial charge >= 0.3 is 0 Å². The lowest BCUT2D eigenvalue weighted by molar-refractivity contribution is -0.119. The first-order valence-corrected chi connectivity index (χ1v) is 7.38. The van der Waals surface area contributed by atoms with Gasteiger partial charge in [0.15, 0.2) is 0 Å². The van der Waals surface area contributed by atoms with Gasteiger partial charge in [-0.1, -0.05) is 22.0 Å². The monoisotopic (exact) mass is 325 g/mol. The van der Waals surface area contributed by atoms with Gasteiger partial charge in [-0.3, -0.25) is 9.69 Å². The maximum Gasteiger partial charge on any atom is 0.217 e. The Kier molecular flexibility index (Phi) is 4.82. The number of hydrogen-bond donors (Lipinski definition) is 2. The zero-order valence-electron chi connectivity index (χ0n) is 10.9. The van der Waals surface area contributed by atoms with Crippen molar-refractivity contribution < 1.29 is 4.79 Å². The van der Waals surface area contributed by atoms with E-state index in [-0.39, 0.29) is 5.91 Å². The zero-order chi connectivity index (χ0) is 13.8. The highest BCUT2D eigenvalue weighted by Crippen LogP contribution is 2.25. The number of likely N-dealkylation sites (tertiary alicyclic amines) is 1. The van der Waals surface area contributed by atoms with Crippen molar-refractivity contribution in [1.29, 1.82) is 0 Å². The summed E-state index contributed by atoms with van der Waals surface area (Å²) in [6.07, 6.45) is 2.63. The van der Waals surface area contributed by atoms with Gasteiger partial charge in [-0.05, 0) is 49.5 Å². The van der Waals surface area contributed by atoms with Crippen LogP contribution < -0.4 is 11.5 Å². The second-order valence-electron chi connectivity index (χ2n) is 5.24. The number of primary amides is 1. The number of carbonyl (C=O) groups is 1. The Hall–Kier alpha value is -1.07. The average Bonchev–Trinajstić information content (AvgIpc) is 2.34. The third kappa shape index (κ3) is 4.21. The number of anilines is 1. The molecule has 1 heterocycles. The Morgan fingerprint density at radius 1 is 1.37 bits per heavy atom. The van der Waals surface area contributed by atoms with E-state index in [1.54, 1.807) is 0 Å². The Morgan fingerprint density at radius 2 is 2.05 bits per heavy atom. The molecule has 0 radical (unpaired) electrons. The molecular weight excluding hydrogens is 306 g/mol. The van der Waals surface area contributed by atoms with Crippen LogP contribution in [-0.4, -0.2) is 23.9 Å². The summed E-state index contributed by atoms with van der Waals surface area (Å²) in [6.45, 7) is 2.97. The highest BCUT2D eigenvalue weighted by atomic mass is 79.9. The highest BCUT2D eigenvalue weighted by Gasteiger charge is 2.21. The summed E-state index contributed by atoms with van der Waals surface area (Å²) in [5.74, 6) is 0.281. The van der Waals surface area contributed by atoms with E-state index in [2.05, 4.69) is 26.9 Å². The second kappa shape index (κ2) is 6.39. The van der Waals surface area contributed by atoms with Crippen LogP contribution in [0.15, 0.2) is 22.7 Å². The second-order valence-corrected chi connectivity index (χ2v) is 6.10. The number of amides is 1. The molecule has 0 aromatic heterocycles. The summed E-state index contributed by atoms with van der Waals surface area (Å²) in [6, 6.07) is 5.93. The van der Waals surface area contributed by atoms with Gasteiger partial charge in [-0.25, -0.2) is 0 Å². The van der Waals surface area contributed by atoms with Gasteiger partial charge in [0, 0.05) is 23.1 Å². The molecule has 0 spiro atoms. The number of nitrogen functional groups attached to an aromatic ring is 1. The minimum Gasteiger partial charge on any atom is -0.399 e. The predicted octanol–water partition coefficient (Wildman–Crippen LogP) is 2.12. The summed E-state index contributed by atoms with van der Waals surface area (Å²) in [5.41, 5.74) is 13.0. The summed E-state index contributed by atoms with van der Waals surface area (Å²) >= 11 is 3.55. The van der Waals surface area contributed by atoms with Crippen LogP contribution in [0.4, 0.5) is 5.69 Å². The normalized spacial score (nSPS) is 17.5. The van der Waals surface area contributed by atoms with Gasteiger partial charge in [-0.2, -0.15) is 0 Å². The number of hydrogen-bond acceptors (Lipinski definition) is 3. The van der Waals surface area contributed by atoms with Gasteiger partial charge in [-0.15, -0.1) is 0 Å². The Balaban J connectivity index is 1.87. The minimum atomic E-state index is -0.181. The molecule has 0 atom stereocenters. The molecular formula is C14H20BrN3O. The van der Waals surface area contributed by atoms with Crippen LogP contribution >= 0.6 is 15.9 Å². The molecule has 1 aliphatic heterocycles. The SMILES string of the molecule is NC(=O)CC1CCN(Cc2ccc(N)cc2Br)CC1. The number of nitrogens with two attached hydrogens (primary N) is 2. The van der Waals surface area contributed by atoms with Gasteiger partial charge < -0.3 is 11.5 Å². The van der Waals surface area contributed by atoms with E-state index in [9.17, 15) is 4.79 Å². The van der Waals surface area contributed by atoms with Crippen molar-refractivity contribution in [3.8, 4) is 0 Å². The van der Waals surface area contributed by atoms with E-state index in [1.807, 2.05) is 12.1 Å². The largest absolute Gasteiger partial charge is 0.399 e. The Labute approximate surface area is 122 Å². The topological polar surface area (TPSA) is 72.4 Å². The lowest BCUT2D eigenvalue weighted by Gasteiger charge is -2.31. The number of piperidine rings is 1. The zero-order valence-corrected chi connectivity index (χ0v) is 12.5. The van der Waals surface area contributed by atoms with Crippen LogP contribution in [0.1, 0.15) is 24.8 Å². The maximum atomic E-state index is 10.9. The van der Waals surface area contributed by atoms with Gasteiger partial charge in [0.1, 0.15) is 0 Å². The van der Waals surface area contributed by atoms with E-state index in [4.69, 9.17) is 11.5 Å². The summed E-state index contributed by atoms with van der Waals surface area (Å²) in [5, 5.41) is 0. The van der Waals surface area contributed by atoms with Gasteiger partial charge in [0.05, 0.1) is 0 Å². The molecule has 0 saturated carbocycles. The molecule has 1 saturated heterocycles. The molecule has 104 valence electrons. The fourth-order valence-corrected chi connectivity index (χ4v) is 3.09. The van der Waals surface area contributed by atoms with E-state index in [0.717, 1.165) is 42.6 Å². The van der Waals surface area contributed by atoms with E-state index in [1.165, 1.54) is 5.56 Å². The van der Waals surface area contributed by atoms with Crippen molar-refractivity contribution in [3.63, 3.8) is 0 Å². The van der Waals surface area contributed by atoms with Crippen molar-refractivity contribution in [2.75, 3.05) is 18.8 Å². The minimum absolute atomic E-state index is 0.181. The fourth-order valence-electron chi connectivity index (χ4n) is 2.57. The van der Waals surface area contributed by atoms with Crippen LogP contribution in [-0.2, 0) is 11.3 Å². The molecule has 4 N–H and O–H groups in total. The molecule has 1 amide bonds. The van der Waals surface area contributed by atoms with Crippen molar-refractivity contribution in [1.82, 2.24) is 4.90 Å². The third-order valence-corrected chi connectivity index (χ3v) is 4.41. The van der Waals surface area contributed by atoms with Crippen LogP contribution in [0.2, 0.25) is 0 Å². The molecule has 4 nitrogen and oxygen atoms in total. The number of halogens is 1. The molecule has 0 bridgehead atoms. The first-order valence-electron chi connectivity index (χ1n) is 6.59. The molecule has 1 aromatic carbocycles. The molecule has 1 aliphatic rings. The van der Waals surface area contributed by atoms with Crippen LogP contribution in [0.25, 0.3) is 0 Å². The Morgan fingerprint density at radius 3 is 2.63 bits per heavy atom. The number of carbonyl (C=O) groups excluding carboxylic acids is 1. The summed E-state index contributed by atoms with van der Waals surface area (Å²) < 4.78 is 1.06. The van der Waals surface area contributed by atoms with Crippen molar-refractivity contribution in [2.45, 2.75) is 25.8 Å². The van der Waals surface area contributed by atoms with E-state index < -0.39 is 0 Å². The quantitative estimate of drug-likeness (QED) is 0.833. The standard InChI is InChI=1S/C14H20BrN3O/c15-13-8-12(16)2-1-11(13)9-18-5-3-10(4-6-18)7-14(17)19/h1-2,8,10H,3-7,9,16H2,(H2,17,19). The van der Waals surface area contributed by atoms with Crippen molar-refractivity contribution in [3.05, 3.63) is 28.2 Å². The Bertz CT molecular complexity index is 456. The van der Waals surface area contributed by atoms with Crippen LogP contribution in [0.5, 0.6) is 0 Å². The van der Waals surface area contributed by atoms with Gasteiger partial charge in [0.25, 0.3) is 0 Å². The van der Waals surface area contributed by atoms with Gasteiger partial charge in [0.2, 0.25) is 5.91 Å². The van der Waals surface area contributed by atoms with Crippen molar-refractivity contribution >= 4 is 27.5 Å². The van der Waals surface area contributed by atoms with Crippen LogP contribution in [0, 0.1) is 5.92 Å². The van der Waals surface area contributed by atoms with E-state index >= 15 is 0 Å². The molecule has 19 heavy (non-hydrogen) atoms. The number of rotatable bonds is 4. The molecule has 2 rings (SSSR count). The summed E-state index contributed by atoms with van der Waals surface area (Å²) in [4.78, 5) is 13.3. The average molecular weight is 326 g/mol. The smallest absolute Gasteiger partial charge is 0.217 e. The van der Waals surface area contributed by atoms with Crippen molar-refractivity contribution in [2.24, 2.45) is 11.7 Å². The lowest BCUT2D eigenvalue weighted by atomic mass is 9.93. The molecule has 5 heteroatoms. The third-order valence-electron chi connectivity index (χ3n) is 3.67. The fraction of sp³-hybridized carbons (Fsp3) is 0.500. The summed E-state index contributed by atoms with van der Waals surface area (Å²) in [7, 11) is 0. The highest BCUT2D eigenvalue weighted by molar-refractivity contribution is 9.10. The first kappa shape index (κ1) is 14.3. The van der Waals surface area contributed by atoms with Crippen LogP contribution in [0.3, 0.4) is 0 Å². The number of benzene rings is 1. The molecule has 0 aliphatic carbocycles. The molecule has 0 unspecified atom stereocenters. The number of nitrogens with zero attached hydrogens (tertiary/aromatic N) is 1. The molecule has 1 aromatic rings. The lowest BCUT2D eigenvalue weighted by Crippen LogP contribution is -2.34. The maximum absolute atomic E-state index is 10.9. The molecule has 1 fully saturated rings.